The summed E-state index contributed by atoms with van der Waals surface area (Å²) in [5.74, 6) is -2.31. The minimum Gasteiger partial charge on any atom is -0.508 e. The number of amides is 4. The minimum absolute atomic E-state index is 0.0558. The summed E-state index contributed by atoms with van der Waals surface area (Å²) in [6.07, 6.45) is 0.399. The number of aliphatic hydroxyl groups excluding tert-OH is 1. The van der Waals surface area contributed by atoms with Gasteiger partial charge in [0.1, 0.15) is 29.9 Å². The molecule has 0 bridgehead atoms. The Morgan fingerprint density at radius 2 is 1.32 bits per heavy atom. The Hall–Kier alpha value is -3.14. The lowest BCUT2D eigenvalue weighted by atomic mass is 10.0. The monoisotopic (exact) mass is 434 g/mol. The summed E-state index contributed by atoms with van der Waals surface area (Å²) in [7, 11) is 0. The number of aromatic hydroxyl groups is 1. The van der Waals surface area contributed by atoms with E-state index in [-0.39, 0.29) is 18.1 Å². The number of hydrogen-bond acceptors (Lipinski definition) is 6. The third kappa shape index (κ3) is 6.95. The van der Waals surface area contributed by atoms with E-state index in [1.807, 2.05) is 13.8 Å². The summed E-state index contributed by atoms with van der Waals surface area (Å²) in [6.45, 7) is 4.57. The molecule has 0 unspecified atom stereocenters. The van der Waals surface area contributed by atoms with Crippen molar-refractivity contribution >= 4 is 23.6 Å². The Morgan fingerprint density at radius 3 is 1.90 bits per heavy atom. The molecule has 2 rings (SSSR count). The number of carbonyl (C=O) groups excluding carboxylic acids is 4. The summed E-state index contributed by atoms with van der Waals surface area (Å²) in [6, 6.07) is 1.89. The van der Waals surface area contributed by atoms with Gasteiger partial charge in [0.05, 0.1) is 6.61 Å². The summed E-state index contributed by atoms with van der Waals surface area (Å²) >= 11 is 0. The van der Waals surface area contributed by atoms with E-state index in [9.17, 15) is 29.4 Å². The lowest BCUT2D eigenvalue weighted by Gasteiger charge is -2.28. The SMILES string of the molecule is CC(C)C[C@H]1NC(=O)[C@@H](C)NC(=O)[C@@H](Cc2ccc(O)cc2)NC(=O)[C@@H](CO)NC1=O. The van der Waals surface area contributed by atoms with E-state index in [2.05, 4.69) is 21.3 Å². The number of rotatable bonds is 5. The van der Waals surface area contributed by atoms with Crippen LogP contribution in [0.1, 0.15) is 32.8 Å². The molecule has 1 saturated heterocycles. The molecule has 10 heteroatoms. The van der Waals surface area contributed by atoms with Crippen molar-refractivity contribution in [3.63, 3.8) is 0 Å². The van der Waals surface area contributed by atoms with Crippen LogP contribution in [0, 0.1) is 5.92 Å². The van der Waals surface area contributed by atoms with Gasteiger partial charge < -0.3 is 31.5 Å². The van der Waals surface area contributed by atoms with Crippen LogP contribution in [0.25, 0.3) is 0 Å². The number of phenols is 1. The molecule has 1 fully saturated rings. The van der Waals surface area contributed by atoms with Crippen molar-refractivity contribution in [2.75, 3.05) is 6.61 Å². The lowest BCUT2D eigenvalue weighted by Crippen LogP contribution is -2.62. The quantitative estimate of drug-likeness (QED) is 0.347. The molecule has 1 aliphatic heterocycles. The van der Waals surface area contributed by atoms with Crippen LogP contribution in [-0.2, 0) is 25.6 Å². The third-order valence-electron chi connectivity index (χ3n) is 4.92. The van der Waals surface area contributed by atoms with Crippen molar-refractivity contribution in [3.05, 3.63) is 29.8 Å². The Kier molecular flexibility index (Phi) is 8.38. The molecule has 4 amide bonds. The molecule has 1 aromatic rings. The maximum Gasteiger partial charge on any atom is 0.245 e. The standard InChI is InChI=1S/C21H30N4O6/c1-11(2)8-15-20(30)25-17(10-26)21(31)24-16(9-13-4-6-14(27)7-5-13)19(29)22-12(3)18(28)23-15/h4-7,11-12,15-17,26-27H,8-10H2,1-3H3,(H,22,29)(H,23,28)(H,24,31)(H,25,30)/t12-,15-,16-,17-/m1/s1. The molecule has 0 spiro atoms. The molecule has 0 aliphatic carbocycles. The van der Waals surface area contributed by atoms with E-state index in [1.165, 1.54) is 19.1 Å². The molecule has 1 aliphatic rings. The van der Waals surface area contributed by atoms with Crippen molar-refractivity contribution in [2.45, 2.75) is 57.8 Å². The van der Waals surface area contributed by atoms with Gasteiger partial charge in [0.15, 0.2) is 0 Å². The number of benzene rings is 1. The first-order valence-electron chi connectivity index (χ1n) is 10.2. The Balaban J connectivity index is 2.30. The van der Waals surface area contributed by atoms with E-state index in [4.69, 9.17) is 0 Å². The van der Waals surface area contributed by atoms with Gasteiger partial charge in [-0.15, -0.1) is 0 Å². The topological polar surface area (TPSA) is 157 Å². The first kappa shape index (κ1) is 24.1. The second-order valence-electron chi connectivity index (χ2n) is 8.10. The minimum atomic E-state index is -1.29. The molecule has 1 aromatic carbocycles. The zero-order chi connectivity index (χ0) is 23.1. The van der Waals surface area contributed by atoms with Crippen LogP contribution in [0.3, 0.4) is 0 Å². The molecule has 170 valence electrons. The largest absolute Gasteiger partial charge is 0.508 e. The summed E-state index contributed by atoms with van der Waals surface area (Å²) < 4.78 is 0. The van der Waals surface area contributed by atoms with Crippen LogP contribution >= 0.6 is 0 Å². The predicted molar refractivity (Wildman–Crippen MR) is 112 cm³/mol. The van der Waals surface area contributed by atoms with Crippen LogP contribution < -0.4 is 21.3 Å². The average Bonchev–Trinajstić information content (AvgIpc) is 2.71. The van der Waals surface area contributed by atoms with Crippen LogP contribution in [-0.4, -0.2) is 64.6 Å². The molecular weight excluding hydrogens is 404 g/mol. The number of aliphatic hydroxyl groups is 1. The van der Waals surface area contributed by atoms with E-state index < -0.39 is 54.4 Å². The molecule has 4 atom stereocenters. The van der Waals surface area contributed by atoms with Crippen molar-refractivity contribution in [2.24, 2.45) is 5.92 Å². The van der Waals surface area contributed by atoms with Crippen LogP contribution in [0.15, 0.2) is 24.3 Å². The number of nitrogens with one attached hydrogen (secondary N) is 4. The van der Waals surface area contributed by atoms with Crippen molar-refractivity contribution < 1.29 is 29.4 Å². The second kappa shape index (κ2) is 10.8. The number of phenolic OH excluding ortho intramolecular Hbond substituents is 1. The molecule has 0 aromatic heterocycles. The summed E-state index contributed by atoms with van der Waals surface area (Å²) in [4.78, 5) is 50.7. The number of carbonyl (C=O) groups is 4. The van der Waals surface area contributed by atoms with E-state index in [1.54, 1.807) is 12.1 Å². The van der Waals surface area contributed by atoms with Gasteiger partial charge >= 0.3 is 0 Å². The second-order valence-corrected chi connectivity index (χ2v) is 8.10. The van der Waals surface area contributed by atoms with Crippen molar-refractivity contribution in [1.82, 2.24) is 21.3 Å². The highest BCUT2D eigenvalue weighted by Crippen LogP contribution is 2.12. The first-order chi connectivity index (χ1) is 14.6. The lowest BCUT2D eigenvalue weighted by molar-refractivity contribution is -0.137. The molecule has 1 heterocycles. The normalized spacial score (nSPS) is 25.6. The van der Waals surface area contributed by atoms with Gasteiger partial charge in [-0.3, -0.25) is 19.2 Å². The summed E-state index contributed by atoms with van der Waals surface area (Å²) in [5, 5.41) is 29.2. The van der Waals surface area contributed by atoms with Crippen LogP contribution in [0.5, 0.6) is 5.75 Å². The zero-order valence-electron chi connectivity index (χ0n) is 17.8. The highest BCUT2D eigenvalue weighted by molar-refractivity contribution is 5.97. The van der Waals surface area contributed by atoms with Gasteiger partial charge in [-0.05, 0) is 37.0 Å². The highest BCUT2D eigenvalue weighted by Gasteiger charge is 2.33. The van der Waals surface area contributed by atoms with Crippen LogP contribution in [0.2, 0.25) is 0 Å². The van der Waals surface area contributed by atoms with Crippen molar-refractivity contribution in [1.29, 1.82) is 0 Å². The summed E-state index contributed by atoms with van der Waals surface area (Å²) in [5.41, 5.74) is 0.657. The molecule has 6 N–H and O–H groups in total. The van der Waals surface area contributed by atoms with Gasteiger partial charge in [-0.2, -0.15) is 0 Å². The zero-order valence-corrected chi connectivity index (χ0v) is 17.8. The first-order valence-corrected chi connectivity index (χ1v) is 10.2. The molecule has 0 radical (unpaired) electrons. The van der Waals surface area contributed by atoms with Gasteiger partial charge in [0.2, 0.25) is 23.6 Å². The van der Waals surface area contributed by atoms with Gasteiger partial charge in [0, 0.05) is 6.42 Å². The smallest absolute Gasteiger partial charge is 0.245 e. The number of hydrogen-bond donors (Lipinski definition) is 6. The fraction of sp³-hybridized carbons (Fsp3) is 0.524. The molecule has 10 nitrogen and oxygen atoms in total. The molecule has 0 saturated carbocycles. The Bertz CT molecular complexity index is 811. The van der Waals surface area contributed by atoms with Crippen LogP contribution in [0.4, 0.5) is 0 Å². The maximum absolute atomic E-state index is 12.8. The average molecular weight is 434 g/mol. The van der Waals surface area contributed by atoms with E-state index in [0.29, 0.717) is 12.0 Å². The third-order valence-corrected chi connectivity index (χ3v) is 4.92. The van der Waals surface area contributed by atoms with Gasteiger partial charge in [-0.1, -0.05) is 26.0 Å². The predicted octanol–water partition coefficient (Wildman–Crippen LogP) is -1.05. The Morgan fingerprint density at radius 1 is 0.806 bits per heavy atom. The van der Waals surface area contributed by atoms with E-state index >= 15 is 0 Å². The molecular formula is C21H30N4O6. The van der Waals surface area contributed by atoms with E-state index in [0.717, 1.165) is 0 Å². The van der Waals surface area contributed by atoms with Crippen molar-refractivity contribution in [3.8, 4) is 5.75 Å². The molecule has 31 heavy (non-hydrogen) atoms. The maximum atomic E-state index is 12.8. The fourth-order valence-electron chi connectivity index (χ4n) is 3.19. The van der Waals surface area contributed by atoms with Gasteiger partial charge in [-0.25, -0.2) is 0 Å². The Labute approximate surface area is 180 Å². The highest BCUT2D eigenvalue weighted by atomic mass is 16.3. The fourth-order valence-corrected chi connectivity index (χ4v) is 3.19. The van der Waals surface area contributed by atoms with Gasteiger partial charge in [0.25, 0.3) is 0 Å².